The molecule has 0 fully saturated rings. The van der Waals surface area contributed by atoms with Crippen molar-refractivity contribution in [3.63, 3.8) is 0 Å². The second-order valence-corrected chi connectivity index (χ2v) is 0.481. The Kier molecular flexibility index (Phi) is 7.98. The molecule has 0 aliphatic rings. The molecule has 0 radical (unpaired) electrons. The molecule has 0 saturated heterocycles. The maximum atomic E-state index is 8.90. The van der Waals surface area contributed by atoms with Gasteiger partial charge in [0.2, 0.25) is 0 Å². The first kappa shape index (κ1) is 9.43. The molecule has 0 unspecified atom stereocenters. The van der Waals surface area contributed by atoms with Crippen molar-refractivity contribution in [2.24, 2.45) is 0 Å². The molecule has 40 valence electrons. The third-order valence-corrected chi connectivity index (χ3v) is 0.189. The van der Waals surface area contributed by atoms with Gasteiger partial charge >= 0.3 is 17.1 Å². The topological polar surface area (TPSA) is 49.4 Å². The number of rotatable bonds is 0. The molecule has 0 aliphatic carbocycles. The van der Waals surface area contributed by atoms with Gasteiger partial charge in [-0.2, -0.15) is 0 Å². The molecule has 0 rings (SSSR count). The number of carbonyl (C=O) groups excluding carboxylic acids is 1. The molecule has 0 atom stereocenters. The van der Waals surface area contributed by atoms with Crippen LogP contribution < -0.4 is 5.11 Å². The molecule has 0 bridgehead atoms. The van der Waals surface area contributed by atoms with Gasteiger partial charge in [0.05, 0.1) is 0 Å². The molecule has 0 aliphatic heterocycles. The SMILES string of the molecule is O=C([O-])OCl.[Cu+]. The Bertz CT molecular complexity index is 46.1. The van der Waals surface area contributed by atoms with E-state index in [-0.39, 0.29) is 17.1 Å². The van der Waals surface area contributed by atoms with Gasteiger partial charge in [-0.05, 0) is 0 Å². The van der Waals surface area contributed by atoms with Crippen LogP contribution in [0.25, 0.3) is 0 Å². The van der Waals surface area contributed by atoms with Crippen LogP contribution in [0.3, 0.4) is 0 Å². The Balaban J connectivity index is 0. The smallest absolute Gasteiger partial charge is 0.446 e. The van der Waals surface area contributed by atoms with Gasteiger partial charge < -0.3 is 14.2 Å². The normalized spacial score (nSPS) is 5.50. The van der Waals surface area contributed by atoms with Crippen LogP contribution in [0.4, 0.5) is 4.79 Å². The number of carbonyl (C=O) groups is 1. The molecule has 3 nitrogen and oxygen atoms in total. The van der Waals surface area contributed by atoms with Crippen LogP contribution in [0.1, 0.15) is 0 Å². The largest absolute Gasteiger partial charge is 1.00 e. The van der Waals surface area contributed by atoms with E-state index in [4.69, 9.17) is 9.90 Å². The molecule has 0 spiro atoms. The fraction of sp³-hybridized carbons (Fsp3) is 0. The molecule has 0 amide bonds. The molecule has 0 saturated carbocycles. The zero-order valence-electron chi connectivity index (χ0n) is 2.40. The van der Waals surface area contributed by atoms with Crippen LogP contribution in [-0.2, 0) is 21.4 Å². The van der Waals surface area contributed by atoms with Crippen LogP contribution in [-0.4, -0.2) is 6.16 Å². The average molecular weight is 159 g/mol. The summed E-state index contributed by atoms with van der Waals surface area (Å²) < 4.78 is 3.03. The Morgan fingerprint density at radius 3 is 2.00 bits per heavy atom. The Morgan fingerprint density at radius 2 is 2.00 bits per heavy atom. The van der Waals surface area contributed by atoms with Crippen molar-refractivity contribution in [1.82, 2.24) is 0 Å². The first-order valence-corrected chi connectivity index (χ1v) is 1.08. The van der Waals surface area contributed by atoms with Gasteiger partial charge in [-0.15, -0.1) is 0 Å². The summed E-state index contributed by atoms with van der Waals surface area (Å²) in [6.45, 7) is 0. The zero-order chi connectivity index (χ0) is 4.28. The van der Waals surface area contributed by atoms with Crippen LogP contribution in [0, 0.1) is 0 Å². The predicted octanol–water partition coefficient (Wildman–Crippen LogP) is -0.502. The molecule has 0 aromatic heterocycles. The van der Waals surface area contributed by atoms with E-state index in [1.807, 2.05) is 0 Å². The van der Waals surface area contributed by atoms with E-state index in [0.717, 1.165) is 0 Å². The summed E-state index contributed by atoms with van der Waals surface area (Å²) >= 11 is 4.17. The summed E-state index contributed by atoms with van der Waals surface area (Å²) in [7, 11) is 0. The zero-order valence-corrected chi connectivity index (χ0v) is 4.10. The second-order valence-electron chi connectivity index (χ2n) is 0.327. The van der Waals surface area contributed by atoms with E-state index < -0.39 is 6.16 Å². The van der Waals surface area contributed by atoms with Gasteiger partial charge in [0.15, 0.2) is 0 Å². The number of halogens is 1. The van der Waals surface area contributed by atoms with E-state index in [0.29, 0.717) is 0 Å². The van der Waals surface area contributed by atoms with Crippen molar-refractivity contribution in [3.8, 4) is 0 Å². The minimum Gasteiger partial charge on any atom is -0.446 e. The molecular weight excluding hydrogens is 159 g/mol. The third-order valence-electron chi connectivity index (χ3n) is 0.0630. The van der Waals surface area contributed by atoms with Gasteiger partial charge in [0, 0.05) is 11.9 Å². The number of hydrogen-bond acceptors (Lipinski definition) is 3. The number of carboxylic acid groups (broad SMARTS) is 1. The maximum absolute atomic E-state index is 8.90. The van der Waals surface area contributed by atoms with Crippen molar-refractivity contribution in [2.45, 2.75) is 0 Å². The second kappa shape index (κ2) is 5.08. The monoisotopic (exact) mass is 158 g/mol. The molecule has 0 aromatic rings. The Labute approximate surface area is 49.9 Å². The summed E-state index contributed by atoms with van der Waals surface area (Å²) in [6.07, 6.45) is -1.73. The van der Waals surface area contributed by atoms with E-state index in [1.54, 1.807) is 0 Å². The summed E-state index contributed by atoms with van der Waals surface area (Å²) in [5.41, 5.74) is 0. The molecule has 6 heavy (non-hydrogen) atoms. The first-order chi connectivity index (χ1) is 2.27. The van der Waals surface area contributed by atoms with E-state index in [9.17, 15) is 0 Å². The van der Waals surface area contributed by atoms with Crippen LogP contribution >= 0.6 is 11.9 Å². The van der Waals surface area contributed by atoms with Gasteiger partial charge in [-0.3, -0.25) is 0 Å². The molecule has 0 aromatic carbocycles. The Hall–Kier alpha value is 0.0795. The van der Waals surface area contributed by atoms with Crippen molar-refractivity contribution in [3.05, 3.63) is 0 Å². The fourth-order valence-corrected chi connectivity index (χ4v) is 0. The standard InChI is InChI=1S/CHClO3.Cu/c2-5-1(3)4;/h(H,3,4);/q;+1/p-1. The maximum Gasteiger partial charge on any atom is 1.00 e. The van der Waals surface area contributed by atoms with Crippen LogP contribution in [0.15, 0.2) is 0 Å². The quantitative estimate of drug-likeness (QED) is 0.447. The minimum absolute atomic E-state index is 0. The van der Waals surface area contributed by atoms with E-state index in [2.05, 4.69) is 16.2 Å². The Morgan fingerprint density at radius 1 is 1.83 bits per heavy atom. The summed E-state index contributed by atoms with van der Waals surface area (Å²) in [4.78, 5) is 8.90. The first-order valence-electron chi connectivity index (χ1n) is 0.767. The summed E-state index contributed by atoms with van der Waals surface area (Å²) in [6, 6.07) is 0. The summed E-state index contributed by atoms with van der Waals surface area (Å²) in [5, 5.41) is 8.90. The molecule has 5 heteroatoms. The third kappa shape index (κ3) is 8.95. The van der Waals surface area contributed by atoms with Gasteiger partial charge in [-0.25, -0.2) is 0 Å². The van der Waals surface area contributed by atoms with Crippen molar-refractivity contribution < 1.29 is 31.3 Å². The van der Waals surface area contributed by atoms with Crippen molar-refractivity contribution in [1.29, 1.82) is 0 Å². The van der Waals surface area contributed by atoms with Gasteiger partial charge in [-0.1, -0.05) is 0 Å². The molecule has 0 heterocycles. The van der Waals surface area contributed by atoms with Crippen molar-refractivity contribution >= 4 is 18.0 Å². The number of hydrogen-bond donors (Lipinski definition) is 0. The van der Waals surface area contributed by atoms with Crippen LogP contribution in [0.5, 0.6) is 0 Å². The molecule has 0 N–H and O–H groups in total. The summed E-state index contributed by atoms with van der Waals surface area (Å²) in [5.74, 6) is 0. The molecular formula is CClCuO3. The van der Waals surface area contributed by atoms with Gasteiger partial charge in [0.1, 0.15) is 0 Å². The predicted molar refractivity (Wildman–Crippen MR) is 12.3 cm³/mol. The van der Waals surface area contributed by atoms with Crippen LogP contribution in [0.2, 0.25) is 0 Å². The minimum atomic E-state index is -1.73. The van der Waals surface area contributed by atoms with Gasteiger partial charge in [0.25, 0.3) is 6.16 Å². The average Bonchev–Trinajstić information content (AvgIpc) is 1.38. The van der Waals surface area contributed by atoms with E-state index >= 15 is 0 Å². The fourth-order valence-electron chi connectivity index (χ4n) is 0. The van der Waals surface area contributed by atoms with Crippen molar-refractivity contribution in [2.75, 3.05) is 0 Å². The van der Waals surface area contributed by atoms with E-state index in [1.165, 1.54) is 0 Å².